The van der Waals surface area contributed by atoms with Crippen molar-refractivity contribution in [2.75, 3.05) is 50.8 Å². The van der Waals surface area contributed by atoms with Gasteiger partial charge in [-0.3, -0.25) is 14.4 Å². The molecule has 0 spiro atoms. The fraction of sp³-hybridized carbons (Fsp3) is 0.654. The summed E-state index contributed by atoms with van der Waals surface area (Å²) in [6, 6.07) is 6.10. The maximum Gasteiger partial charge on any atom is 0.251 e. The van der Waals surface area contributed by atoms with E-state index in [-0.39, 0.29) is 36.7 Å². The molecule has 9 heteroatoms. The average Bonchev–Trinajstić information content (AvgIpc) is 3.62. The first-order chi connectivity index (χ1) is 17.0. The number of rotatable bonds is 6. The third-order valence-corrected chi connectivity index (χ3v) is 8.18. The van der Waals surface area contributed by atoms with E-state index in [1.165, 1.54) is 4.90 Å². The van der Waals surface area contributed by atoms with E-state index in [0.29, 0.717) is 5.56 Å². The molecule has 190 valence electrons. The Balaban J connectivity index is 1.28. The van der Waals surface area contributed by atoms with E-state index < -0.39 is 24.3 Å². The number of nitrogens with one attached hydrogen (secondary N) is 1. The van der Waals surface area contributed by atoms with Crippen molar-refractivity contribution in [2.45, 2.75) is 56.9 Å². The van der Waals surface area contributed by atoms with Crippen molar-refractivity contribution in [1.82, 2.24) is 15.1 Å². The normalized spacial score (nSPS) is 28.4. The molecule has 0 unspecified atom stereocenters. The van der Waals surface area contributed by atoms with E-state index in [2.05, 4.69) is 22.0 Å². The van der Waals surface area contributed by atoms with Crippen LogP contribution in [0.25, 0.3) is 0 Å². The maximum atomic E-state index is 13.6. The molecule has 1 aromatic rings. The lowest BCUT2D eigenvalue weighted by atomic mass is 9.95. The zero-order chi connectivity index (χ0) is 24.5. The van der Waals surface area contributed by atoms with Gasteiger partial charge in [0.1, 0.15) is 30.9 Å². The van der Waals surface area contributed by atoms with Gasteiger partial charge in [-0.05, 0) is 49.6 Å². The van der Waals surface area contributed by atoms with Gasteiger partial charge in [-0.1, -0.05) is 19.8 Å². The summed E-state index contributed by atoms with van der Waals surface area (Å²) >= 11 is 0. The zero-order valence-corrected chi connectivity index (χ0v) is 20.4. The highest BCUT2D eigenvalue weighted by Gasteiger charge is 2.53. The highest BCUT2D eigenvalue weighted by molar-refractivity contribution is 5.99. The van der Waals surface area contributed by atoms with Crippen molar-refractivity contribution >= 4 is 23.3 Å². The molecular formula is C26H36N4O5. The minimum absolute atomic E-state index is 0.0224. The number of nitrogens with zero attached hydrogens (tertiary/aromatic N) is 3. The fourth-order valence-electron chi connectivity index (χ4n) is 6.08. The Hall–Kier alpha value is -2.49. The number of fused-ring (bicyclic) bond motifs is 1. The van der Waals surface area contributed by atoms with Gasteiger partial charge in [0.25, 0.3) is 5.91 Å². The van der Waals surface area contributed by atoms with Gasteiger partial charge in [-0.25, -0.2) is 0 Å². The van der Waals surface area contributed by atoms with Gasteiger partial charge >= 0.3 is 0 Å². The molecule has 3 heterocycles. The van der Waals surface area contributed by atoms with Crippen LogP contribution in [-0.2, 0) is 14.3 Å². The first-order valence-corrected chi connectivity index (χ1v) is 13.0. The lowest BCUT2D eigenvalue weighted by Gasteiger charge is -2.35. The number of benzene rings is 1. The fourth-order valence-corrected chi connectivity index (χ4v) is 6.08. The van der Waals surface area contributed by atoms with Crippen molar-refractivity contribution in [3.8, 4) is 0 Å². The van der Waals surface area contributed by atoms with Crippen molar-refractivity contribution in [3.63, 3.8) is 0 Å². The number of ether oxygens (including phenoxy) is 1. The van der Waals surface area contributed by atoms with Crippen LogP contribution in [-0.4, -0.2) is 103 Å². The largest absolute Gasteiger partial charge is 0.388 e. The second kappa shape index (κ2) is 10.2. The van der Waals surface area contributed by atoms with Crippen LogP contribution in [0.3, 0.4) is 0 Å². The Labute approximate surface area is 206 Å². The third kappa shape index (κ3) is 4.81. The van der Waals surface area contributed by atoms with Gasteiger partial charge in [0.15, 0.2) is 5.78 Å². The molecule has 2 amide bonds. The van der Waals surface area contributed by atoms with Crippen molar-refractivity contribution in [3.05, 3.63) is 29.8 Å². The summed E-state index contributed by atoms with van der Waals surface area (Å²) < 4.78 is 5.42. The van der Waals surface area contributed by atoms with Crippen LogP contribution in [0.4, 0.5) is 5.69 Å². The summed E-state index contributed by atoms with van der Waals surface area (Å²) in [5, 5.41) is 13.3. The second-order valence-electron chi connectivity index (χ2n) is 10.2. The van der Waals surface area contributed by atoms with Crippen LogP contribution >= 0.6 is 0 Å². The molecular weight excluding hydrogens is 448 g/mol. The Kier molecular flexibility index (Phi) is 7.09. The number of aliphatic hydroxyl groups is 1. The summed E-state index contributed by atoms with van der Waals surface area (Å²) in [5.41, 5.74) is 1.61. The van der Waals surface area contributed by atoms with E-state index in [0.717, 1.165) is 64.1 Å². The minimum atomic E-state index is -0.887. The molecule has 3 aliphatic heterocycles. The molecule has 5 rings (SSSR count). The number of Topliss-reactive ketones (excluding diaryl/α,β-unsaturated/α-hetero) is 1. The predicted molar refractivity (Wildman–Crippen MR) is 130 cm³/mol. The summed E-state index contributed by atoms with van der Waals surface area (Å²) in [6.07, 6.45) is 2.19. The molecule has 35 heavy (non-hydrogen) atoms. The number of piperazine rings is 1. The predicted octanol–water partition coefficient (Wildman–Crippen LogP) is 0.657. The SMILES string of the molecule is CCN1CCN(c2ccc(C(=O)N[C@H](C(=O)N3C[C@H](O)[C@H]4OCC(=O)[C@H]43)C3CCCC3)cc2)CC1. The molecule has 1 saturated carbocycles. The van der Waals surface area contributed by atoms with Gasteiger partial charge in [0.2, 0.25) is 5.91 Å². The number of carbonyl (C=O) groups is 3. The van der Waals surface area contributed by atoms with Crippen molar-refractivity contribution in [2.24, 2.45) is 5.92 Å². The zero-order valence-electron chi connectivity index (χ0n) is 20.4. The van der Waals surface area contributed by atoms with Crippen LogP contribution in [0.2, 0.25) is 0 Å². The first-order valence-electron chi connectivity index (χ1n) is 13.0. The number of aliphatic hydroxyl groups excluding tert-OH is 1. The molecule has 4 atom stereocenters. The summed E-state index contributed by atoms with van der Waals surface area (Å²) in [6.45, 7) is 7.20. The third-order valence-electron chi connectivity index (χ3n) is 8.18. The number of hydrogen-bond acceptors (Lipinski definition) is 7. The van der Waals surface area contributed by atoms with Gasteiger partial charge in [-0.2, -0.15) is 0 Å². The maximum absolute atomic E-state index is 13.6. The van der Waals surface area contributed by atoms with Crippen LogP contribution in [0.15, 0.2) is 24.3 Å². The smallest absolute Gasteiger partial charge is 0.251 e. The van der Waals surface area contributed by atoms with Crippen LogP contribution in [0, 0.1) is 5.92 Å². The molecule has 4 aliphatic rings. The Morgan fingerprint density at radius 1 is 1.11 bits per heavy atom. The molecule has 9 nitrogen and oxygen atoms in total. The van der Waals surface area contributed by atoms with E-state index in [4.69, 9.17) is 4.74 Å². The molecule has 0 bridgehead atoms. The summed E-state index contributed by atoms with van der Waals surface area (Å²) in [5.74, 6) is -0.745. The van der Waals surface area contributed by atoms with Crippen LogP contribution < -0.4 is 10.2 Å². The van der Waals surface area contributed by atoms with Gasteiger partial charge in [0, 0.05) is 37.4 Å². The number of anilines is 1. The van der Waals surface area contributed by atoms with Crippen molar-refractivity contribution < 1.29 is 24.2 Å². The molecule has 3 saturated heterocycles. The number of likely N-dealkylation sites (tertiary alicyclic amines) is 1. The number of amides is 2. The standard InChI is InChI=1S/C26H36N4O5/c1-2-28-11-13-29(14-12-28)19-9-7-18(8-10-19)25(33)27-22(17-5-3-4-6-17)26(34)30-15-20(31)24-23(30)21(32)16-35-24/h7-10,17,20,22-24,31H,2-6,11-16H2,1H3,(H,27,33)/t20-,22-,23+,24+/m0/s1. The lowest BCUT2D eigenvalue weighted by Crippen LogP contribution is -2.54. The molecule has 0 radical (unpaired) electrons. The second-order valence-corrected chi connectivity index (χ2v) is 10.2. The quantitative estimate of drug-likeness (QED) is 0.612. The van der Waals surface area contributed by atoms with Crippen LogP contribution in [0.1, 0.15) is 43.0 Å². The summed E-state index contributed by atoms with van der Waals surface area (Å²) in [4.78, 5) is 45.4. The number of carbonyl (C=O) groups excluding carboxylic acids is 3. The molecule has 4 fully saturated rings. The Morgan fingerprint density at radius 3 is 2.46 bits per heavy atom. The topological polar surface area (TPSA) is 102 Å². The Bertz CT molecular complexity index is 940. The Morgan fingerprint density at radius 2 is 1.80 bits per heavy atom. The van der Waals surface area contributed by atoms with Crippen molar-refractivity contribution in [1.29, 1.82) is 0 Å². The number of hydrogen-bond donors (Lipinski definition) is 2. The van der Waals surface area contributed by atoms with E-state index >= 15 is 0 Å². The first kappa shape index (κ1) is 24.2. The monoisotopic (exact) mass is 484 g/mol. The number of β-amino-alcohol motifs (C(OH)–C–C–N with tert-alkyl or cyclic N) is 1. The average molecular weight is 485 g/mol. The van der Waals surface area contributed by atoms with Gasteiger partial charge in [0.05, 0.1) is 6.54 Å². The number of ketones is 1. The van der Waals surface area contributed by atoms with Crippen LogP contribution in [0.5, 0.6) is 0 Å². The number of likely N-dealkylation sites (N-methyl/N-ethyl adjacent to an activating group) is 1. The minimum Gasteiger partial charge on any atom is -0.388 e. The van der Waals surface area contributed by atoms with Gasteiger partial charge in [-0.15, -0.1) is 0 Å². The molecule has 2 N–H and O–H groups in total. The van der Waals surface area contributed by atoms with E-state index in [9.17, 15) is 19.5 Å². The molecule has 0 aromatic heterocycles. The highest BCUT2D eigenvalue weighted by atomic mass is 16.5. The highest BCUT2D eigenvalue weighted by Crippen LogP contribution is 2.33. The molecule has 1 aliphatic carbocycles. The lowest BCUT2D eigenvalue weighted by molar-refractivity contribution is -0.139. The van der Waals surface area contributed by atoms with E-state index in [1.54, 1.807) is 0 Å². The summed E-state index contributed by atoms with van der Waals surface area (Å²) in [7, 11) is 0. The van der Waals surface area contributed by atoms with E-state index in [1.807, 2.05) is 24.3 Å². The van der Waals surface area contributed by atoms with Gasteiger partial charge < -0.3 is 29.9 Å². The molecule has 1 aromatic carbocycles.